The van der Waals surface area contributed by atoms with E-state index in [2.05, 4.69) is 5.32 Å². The SMILES string of the molecule is O=C(O)C1CCC(NC(=O)N2CCCCCCCC2)CC1. The van der Waals surface area contributed by atoms with E-state index in [0.717, 1.165) is 38.8 Å². The van der Waals surface area contributed by atoms with Crippen LogP contribution in [0.5, 0.6) is 0 Å². The highest BCUT2D eigenvalue weighted by atomic mass is 16.4. The number of hydrogen-bond acceptors (Lipinski definition) is 2. The van der Waals surface area contributed by atoms with Crippen LogP contribution in [0, 0.1) is 5.92 Å². The van der Waals surface area contributed by atoms with Gasteiger partial charge in [0.2, 0.25) is 0 Å². The van der Waals surface area contributed by atoms with E-state index in [1.165, 1.54) is 25.7 Å². The summed E-state index contributed by atoms with van der Waals surface area (Å²) in [5.41, 5.74) is 0. The number of urea groups is 1. The molecule has 0 spiro atoms. The summed E-state index contributed by atoms with van der Waals surface area (Å²) >= 11 is 0. The Balaban J connectivity index is 1.76. The number of carbonyl (C=O) groups is 2. The monoisotopic (exact) mass is 296 g/mol. The molecule has 0 unspecified atom stereocenters. The lowest BCUT2D eigenvalue weighted by Gasteiger charge is -2.30. The molecule has 2 fully saturated rings. The van der Waals surface area contributed by atoms with Crippen LogP contribution in [0.2, 0.25) is 0 Å². The molecule has 1 aliphatic carbocycles. The van der Waals surface area contributed by atoms with Gasteiger partial charge >= 0.3 is 12.0 Å². The first-order chi connectivity index (χ1) is 10.2. The van der Waals surface area contributed by atoms with Gasteiger partial charge in [-0.05, 0) is 38.5 Å². The first kappa shape index (κ1) is 16.1. The molecule has 5 heteroatoms. The maximum Gasteiger partial charge on any atom is 0.317 e. The van der Waals surface area contributed by atoms with E-state index in [1.807, 2.05) is 4.90 Å². The molecule has 21 heavy (non-hydrogen) atoms. The molecule has 0 aromatic rings. The molecule has 2 rings (SSSR count). The molecular weight excluding hydrogens is 268 g/mol. The van der Waals surface area contributed by atoms with Crippen LogP contribution in [0.15, 0.2) is 0 Å². The quantitative estimate of drug-likeness (QED) is 0.823. The Bertz CT molecular complexity index is 341. The van der Waals surface area contributed by atoms with Gasteiger partial charge in [-0.3, -0.25) is 4.79 Å². The summed E-state index contributed by atoms with van der Waals surface area (Å²) in [5, 5.41) is 12.1. The maximum atomic E-state index is 12.4. The van der Waals surface area contributed by atoms with Crippen LogP contribution < -0.4 is 5.32 Å². The van der Waals surface area contributed by atoms with Gasteiger partial charge in [-0.2, -0.15) is 0 Å². The number of amides is 2. The van der Waals surface area contributed by atoms with Crippen molar-refractivity contribution in [3.05, 3.63) is 0 Å². The molecule has 2 amide bonds. The number of nitrogens with one attached hydrogen (secondary N) is 1. The second kappa shape index (κ2) is 8.25. The lowest BCUT2D eigenvalue weighted by molar-refractivity contribution is -0.142. The summed E-state index contributed by atoms with van der Waals surface area (Å²) in [5.74, 6) is -0.914. The molecule has 2 N–H and O–H groups in total. The highest BCUT2D eigenvalue weighted by molar-refractivity contribution is 5.74. The Morgan fingerprint density at radius 3 is 1.90 bits per heavy atom. The van der Waals surface area contributed by atoms with Crippen molar-refractivity contribution >= 4 is 12.0 Å². The number of carboxylic acids is 1. The van der Waals surface area contributed by atoms with Crippen molar-refractivity contribution in [1.29, 1.82) is 0 Å². The largest absolute Gasteiger partial charge is 0.481 e. The van der Waals surface area contributed by atoms with Crippen molar-refractivity contribution < 1.29 is 14.7 Å². The minimum atomic E-state index is -0.695. The minimum absolute atomic E-state index is 0.0516. The third-order valence-corrected chi connectivity index (χ3v) is 4.80. The summed E-state index contributed by atoms with van der Waals surface area (Å²) in [6.45, 7) is 1.71. The van der Waals surface area contributed by atoms with E-state index >= 15 is 0 Å². The topological polar surface area (TPSA) is 69.6 Å². The Morgan fingerprint density at radius 2 is 1.38 bits per heavy atom. The van der Waals surface area contributed by atoms with E-state index < -0.39 is 5.97 Å². The molecule has 1 aliphatic heterocycles. The summed E-state index contributed by atoms with van der Waals surface area (Å²) in [7, 11) is 0. The number of rotatable bonds is 2. The van der Waals surface area contributed by atoms with Crippen LogP contribution in [0.3, 0.4) is 0 Å². The smallest absolute Gasteiger partial charge is 0.317 e. The Labute approximate surface area is 127 Å². The number of hydrogen-bond donors (Lipinski definition) is 2. The van der Waals surface area contributed by atoms with Crippen LogP contribution in [-0.2, 0) is 4.79 Å². The average molecular weight is 296 g/mol. The molecule has 5 nitrogen and oxygen atoms in total. The summed E-state index contributed by atoms with van der Waals surface area (Å²) in [4.78, 5) is 25.2. The number of aliphatic carboxylic acids is 1. The minimum Gasteiger partial charge on any atom is -0.481 e. The fourth-order valence-electron chi connectivity index (χ4n) is 3.38. The van der Waals surface area contributed by atoms with Gasteiger partial charge in [0.05, 0.1) is 5.92 Å². The van der Waals surface area contributed by atoms with Crippen LogP contribution in [0.4, 0.5) is 4.79 Å². The molecular formula is C16H28N2O3. The second-order valence-electron chi connectivity index (χ2n) is 6.44. The molecule has 0 atom stereocenters. The predicted molar refractivity (Wildman–Crippen MR) is 81.2 cm³/mol. The lowest BCUT2D eigenvalue weighted by atomic mass is 9.86. The van der Waals surface area contributed by atoms with Gasteiger partial charge in [0.15, 0.2) is 0 Å². The normalized spacial score (nSPS) is 28.1. The summed E-state index contributed by atoms with van der Waals surface area (Å²) in [6.07, 6.45) is 10.1. The Hall–Kier alpha value is -1.26. The van der Waals surface area contributed by atoms with Gasteiger partial charge in [0.1, 0.15) is 0 Å². The van der Waals surface area contributed by atoms with Gasteiger partial charge in [0, 0.05) is 19.1 Å². The molecule has 0 bridgehead atoms. The van der Waals surface area contributed by atoms with Gasteiger partial charge in [-0.25, -0.2) is 4.79 Å². The Kier molecular flexibility index (Phi) is 6.33. The first-order valence-corrected chi connectivity index (χ1v) is 8.45. The average Bonchev–Trinajstić information content (AvgIpc) is 2.61. The standard InChI is InChI=1S/C16H28N2O3/c19-15(20)13-7-9-14(10-8-13)17-16(21)18-11-5-3-1-2-4-6-12-18/h13-14H,1-12H2,(H,17,21)(H,19,20). The molecule has 0 aromatic carbocycles. The van der Waals surface area contributed by atoms with Crippen molar-refractivity contribution in [2.24, 2.45) is 5.92 Å². The van der Waals surface area contributed by atoms with Gasteiger partial charge < -0.3 is 15.3 Å². The highest BCUT2D eigenvalue weighted by Gasteiger charge is 2.27. The molecule has 2 aliphatic rings. The van der Waals surface area contributed by atoms with Crippen LogP contribution in [0.1, 0.15) is 64.2 Å². The second-order valence-corrected chi connectivity index (χ2v) is 6.44. The molecule has 0 aromatic heterocycles. The molecule has 1 heterocycles. The van der Waals surface area contributed by atoms with Crippen molar-refractivity contribution in [3.63, 3.8) is 0 Å². The van der Waals surface area contributed by atoms with Crippen LogP contribution in [-0.4, -0.2) is 41.1 Å². The van der Waals surface area contributed by atoms with Crippen molar-refractivity contribution in [2.45, 2.75) is 70.3 Å². The fraction of sp³-hybridized carbons (Fsp3) is 0.875. The maximum absolute atomic E-state index is 12.4. The zero-order valence-electron chi connectivity index (χ0n) is 12.9. The summed E-state index contributed by atoms with van der Waals surface area (Å²) in [6, 6.07) is 0.205. The van der Waals surface area contributed by atoms with Crippen molar-refractivity contribution in [2.75, 3.05) is 13.1 Å². The number of carbonyl (C=O) groups excluding carboxylic acids is 1. The predicted octanol–water partition coefficient (Wildman–Crippen LogP) is 3.00. The zero-order valence-corrected chi connectivity index (χ0v) is 12.9. The molecule has 120 valence electrons. The number of carboxylic acid groups (broad SMARTS) is 1. The third kappa shape index (κ3) is 5.21. The van der Waals surface area contributed by atoms with Crippen LogP contribution in [0.25, 0.3) is 0 Å². The third-order valence-electron chi connectivity index (χ3n) is 4.80. The van der Waals surface area contributed by atoms with Gasteiger partial charge in [-0.15, -0.1) is 0 Å². The van der Waals surface area contributed by atoms with E-state index in [-0.39, 0.29) is 18.0 Å². The van der Waals surface area contributed by atoms with E-state index in [4.69, 9.17) is 5.11 Å². The summed E-state index contributed by atoms with van der Waals surface area (Å²) < 4.78 is 0. The molecule has 1 saturated carbocycles. The van der Waals surface area contributed by atoms with Crippen molar-refractivity contribution in [3.8, 4) is 0 Å². The van der Waals surface area contributed by atoms with Crippen molar-refractivity contribution in [1.82, 2.24) is 10.2 Å². The Morgan fingerprint density at radius 1 is 0.857 bits per heavy atom. The molecule has 1 saturated heterocycles. The van der Waals surface area contributed by atoms with Gasteiger partial charge in [-0.1, -0.05) is 25.7 Å². The van der Waals surface area contributed by atoms with E-state index in [1.54, 1.807) is 0 Å². The van der Waals surface area contributed by atoms with Gasteiger partial charge in [0.25, 0.3) is 0 Å². The number of nitrogens with zero attached hydrogens (tertiary/aromatic N) is 1. The lowest BCUT2D eigenvalue weighted by Crippen LogP contribution is -2.47. The zero-order chi connectivity index (χ0) is 15.1. The highest BCUT2D eigenvalue weighted by Crippen LogP contribution is 2.24. The van der Waals surface area contributed by atoms with E-state index in [0.29, 0.717) is 12.8 Å². The van der Waals surface area contributed by atoms with Crippen LogP contribution >= 0.6 is 0 Å². The molecule has 0 radical (unpaired) electrons. The van der Waals surface area contributed by atoms with E-state index in [9.17, 15) is 9.59 Å². The fourth-order valence-corrected chi connectivity index (χ4v) is 3.38. The first-order valence-electron chi connectivity index (χ1n) is 8.45.